The Hall–Kier alpha value is -3.29. The molecule has 1 aliphatic heterocycles. The standard InChI is InChI=1S/C21H24N2O6/c1-12(2)18(21(26)27-4)22-19(24)17-13(3)7-8-23(20(17)25)10-14-5-6-15-16(9-14)29-11-28-15/h5-9,12,18H,10-11H2,1-4H3,(H,22,24)/t18-/m0/s1. The lowest BCUT2D eigenvalue weighted by atomic mass is 10.0. The Bertz CT molecular complexity index is 995. The van der Waals surface area contributed by atoms with Crippen LogP contribution in [0.4, 0.5) is 0 Å². The monoisotopic (exact) mass is 400 g/mol. The third-order valence-corrected chi connectivity index (χ3v) is 4.80. The topological polar surface area (TPSA) is 95.9 Å². The number of amides is 1. The van der Waals surface area contributed by atoms with Gasteiger partial charge in [-0.2, -0.15) is 0 Å². The lowest BCUT2D eigenvalue weighted by molar-refractivity contribution is -0.144. The van der Waals surface area contributed by atoms with Gasteiger partial charge in [0.2, 0.25) is 6.79 Å². The van der Waals surface area contributed by atoms with Gasteiger partial charge < -0.3 is 24.1 Å². The second-order valence-corrected chi connectivity index (χ2v) is 7.21. The van der Waals surface area contributed by atoms with Gasteiger partial charge in [-0.15, -0.1) is 0 Å². The molecule has 1 aliphatic rings. The Labute approximate surface area is 168 Å². The highest BCUT2D eigenvalue weighted by atomic mass is 16.7. The number of nitrogens with one attached hydrogen (secondary N) is 1. The van der Waals surface area contributed by atoms with Crippen LogP contribution in [0, 0.1) is 12.8 Å². The lowest BCUT2D eigenvalue weighted by Gasteiger charge is -2.20. The molecule has 0 spiro atoms. The summed E-state index contributed by atoms with van der Waals surface area (Å²) in [6.45, 7) is 5.70. The molecule has 8 nitrogen and oxygen atoms in total. The van der Waals surface area contributed by atoms with Crippen LogP contribution < -0.4 is 20.3 Å². The molecule has 3 rings (SSSR count). The summed E-state index contributed by atoms with van der Waals surface area (Å²) in [6, 6.07) is 6.29. The summed E-state index contributed by atoms with van der Waals surface area (Å²) >= 11 is 0. The number of pyridine rings is 1. The fourth-order valence-corrected chi connectivity index (χ4v) is 3.14. The van der Waals surface area contributed by atoms with Gasteiger partial charge in [0.25, 0.3) is 11.5 Å². The van der Waals surface area contributed by atoms with Crippen molar-refractivity contribution in [1.82, 2.24) is 9.88 Å². The van der Waals surface area contributed by atoms with Crippen LogP contribution in [0.1, 0.15) is 35.3 Å². The van der Waals surface area contributed by atoms with E-state index in [9.17, 15) is 14.4 Å². The largest absolute Gasteiger partial charge is 0.467 e. The second kappa shape index (κ2) is 8.38. The highest BCUT2D eigenvalue weighted by Gasteiger charge is 2.27. The number of aryl methyl sites for hydroxylation is 1. The summed E-state index contributed by atoms with van der Waals surface area (Å²) in [7, 11) is 1.26. The molecule has 0 radical (unpaired) electrons. The zero-order chi connectivity index (χ0) is 21.1. The number of hydrogen-bond acceptors (Lipinski definition) is 6. The maximum Gasteiger partial charge on any atom is 0.328 e. The number of hydrogen-bond donors (Lipinski definition) is 1. The van der Waals surface area contributed by atoms with Crippen molar-refractivity contribution in [3.8, 4) is 11.5 Å². The molecule has 1 atom stereocenters. The third kappa shape index (κ3) is 4.26. The highest BCUT2D eigenvalue weighted by Crippen LogP contribution is 2.32. The van der Waals surface area contributed by atoms with E-state index in [2.05, 4.69) is 5.32 Å². The zero-order valence-corrected chi connectivity index (χ0v) is 16.9. The minimum atomic E-state index is -0.839. The van der Waals surface area contributed by atoms with Crippen molar-refractivity contribution in [2.24, 2.45) is 5.92 Å². The molecule has 2 heterocycles. The van der Waals surface area contributed by atoms with Gasteiger partial charge in [-0.1, -0.05) is 19.9 Å². The number of fused-ring (bicyclic) bond motifs is 1. The van der Waals surface area contributed by atoms with E-state index in [0.29, 0.717) is 17.1 Å². The Morgan fingerprint density at radius 3 is 2.62 bits per heavy atom. The number of methoxy groups -OCH3 is 1. The van der Waals surface area contributed by atoms with Crippen LogP contribution >= 0.6 is 0 Å². The molecule has 0 aliphatic carbocycles. The first-order valence-corrected chi connectivity index (χ1v) is 9.29. The third-order valence-electron chi connectivity index (χ3n) is 4.80. The van der Waals surface area contributed by atoms with E-state index in [0.717, 1.165) is 5.56 Å². The quantitative estimate of drug-likeness (QED) is 0.744. The van der Waals surface area contributed by atoms with Crippen LogP contribution in [0.25, 0.3) is 0 Å². The molecule has 1 amide bonds. The predicted octanol–water partition coefficient (Wildman–Crippen LogP) is 1.86. The molecule has 29 heavy (non-hydrogen) atoms. The van der Waals surface area contributed by atoms with Gasteiger partial charge in [0.15, 0.2) is 11.5 Å². The predicted molar refractivity (Wildman–Crippen MR) is 105 cm³/mol. The van der Waals surface area contributed by atoms with E-state index in [1.54, 1.807) is 45.2 Å². The van der Waals surface area contributed by atoms with Crippen molar-refractivity contribution in [2.75, 3.05) is 13.9 Å². The van der Waals surface area contributed by atoms with E-state index in [4.69, 9.17) is 14.2 Å². The van der Waals surface area contributed by atoms with Crippen LogP contribution in [-0.2, 0) is 16.1 Å². The molecule has 0 saturated carbocycles. The van der Waals surface area contributed by atoms with Gasteiger partial charge in [-0.05, 0) is 42.2 Å². The average Bonchev–Trinajstić information content (AvgIpc) is 3.15. The van der Waals surface area contributed by atoms with Crippen molar-refractivity contribution in [1.29, 1.82) is 0 Å². The van der Waals surface area contributed by atoms with Crippen LogP contribution in [-0.4, -0.2) is 36.4 Å². The van der Waals surface area contributed by atoms with E-state index in [1.807, 2.05) is 6.07 Å². The fourth-order valence-electron chi connectivity index (χ4n) is 3.14. The molecule has 154 valence electrons. The molecule has 0 fully saturated rings. The molecule has 1 aromatic carbocycles. The van der Waals surface area contributed by atoms with Crippen molar-refractivity contribution in [2.45, 2.75) is 33.4 Å². The second-order valence-electron chi connectivity index (χ2n) is 7.21. The van der Waals surface area contributed by atoms with Crippen LogP contribution in [0.3, 0.4) is 0 Å². The summed E-state index contributed by atoms with van der Waals surface area (Å²) < 4.78 is 16.9. The van der Waals surface area contributed by atoms with Crippen LogP contribution in [0.2, 0.25) is 0 Å². The van der Waals surface area contributed by atoms with Crippen molar-refractivity contribution < 1.29 is 23.8 Å². The maximum absolute atomic E-state index is 13.0. The van der Waals surface area contributed by atoms with E-state index in [1.165, 1.54) is 11.7 Å². The zero-order valence-electron chi connectivity index (χ0n) is 16.9. The molecular weight excluding hydrogens is 376 g/mol. The molecule has 8 heteroatoms. The number of aromatic nitrogens is 1. The number of rotatable bonds is 6. The number of ether oxygens (including phenoxy) is 3. The van der Waals surface area contributed by atoms with Crippen LogP contribution in [0.15, 0.2) is 35.3 Å². The molecule has 0 bridgehead atoms. The number of carbonyl (C=O) groups excluding carboxylic acids is 2. The van der Waals surface area contributed by atoms with Crippen molar-refractivity contribution >= 4 is 11.9 Å². The average molecular weight is 400 g/mol. The molecule has 1 aromatic heterocycles. The number of benzene rings is 1. The van der Waals surface area contributed by atoms with Crippen molar-refractivity contribution in [3.05, 3.63) is 57.5 Å². The van der Waals surface area contributed by atoms with Gasteiger partial charge in [-0.3, -0.25) is 9.59 Å². The molecular formula is C21H24N2O6. The lowest BCUT2D eigenvalue weighted by Crippen LogP contribution is -2.47. The number of carbonyl (C=O) groups is 2. The maximum atomic E-state index is 13.0. The van der Waals surface area contributed by atoms with Gasteiger partial charge in [0, 0.05) is 6.20 Å². The van der Waals surface area contributed by atoms with E-state index < -0.39 is 23.5 Å². The molecule has 0 unspecified atom stereocenters. The Kier molecular flexibility index (Phi) is 5.91. The highest BCUT2D eigenvalue weighted by molar-refractivity contribution is 5.97. The summed E-state index contributed by atoms with van der Waals surface area (Å²) in [5.74, 6) is -0.0587. The first-order valence-electron chi connectivity index (χ1n) is 9.29. The smallest absolute Gasteiger partial charge is 0.328 e. The van der Waals surface area contributed by atoms with Gasteiger partial charge in [0.1, 0.15) is 11.6 Å². The van der Waals surface area contributed by atoms with Gasteiger partial charge in [0.05, 0.1) is 13.7 Å². The first-order chi connectivity index (χ1) is 13.8. The molecule has 0 saturated heterocycles. The van der Waals surface area contributed by atoms with E-state index >= 15 is 0 Å². The Morgan fingerprint density at radius 2 is 1.93 bits per heavy atom. The van der Waals surface area contributed by atoms with Gasteiger partial charge in [-0.25, -0.2) is 4.79 Å². The normalized spacial score (nSPS) is 13.3. The first kappa shape index (κ1) is 20.4. The summed E-state index contributed by atoms with van der Waals surface area (Å²) in [4.78, 5) is 37.7. The van der Waals surface area contributed by atoms with Gasteiger partial charge >= 0.3 is 5.97 Å². The Morgan fingerprint density at radius 1 is 1.21 bits per heavy atom. The molecule has 1 N–H and O–H groups in total. The fraction of sp³-hybridized carbons (Fsp3) is 0.381. The summed E-state index contributed by atoms with van der Waals surface area (Å²) in [6.07, 6.45) is 1.64. The number of nitrogens with zero attached hydrogens (tertiary/aromatic N) is 1. The summed E-state index contributed by atoms with van der Waals surface area (Å²) in [5, 5.41) is 2.63. The summed E-state index contributed by atoms with van der Waals surface area (Å²) in [5.41, 5.74) is 0.929. The minimum Gasteiger partial charge on any atom is -0.467 e. The number of esters is 1. The SMILES string of the molecule is COC(=O)[C@@H](NC(=O)c1c(C)ccn(Cc2ccc3c(c2)OCO3)c1=O)C(C)C. The van der Waals surface area contributed by atoms with E-state index in [-0.39, 0.29) is 24.8 Å². The molecule has 2 aromatic rings. The van der Waals surface area contributed by atoms with Crippen molar-refractivity contribution in [3.63, 3.8) is 0 Å². The van der Waals surface area contributed by atoms with Crippen LogP contribution in [0.5, 0.6) is 11.5 Å². The Balaban J connectivity index is 1.87. The minimum absolute atomic E-state index is 0.00259.